The van der Waals surface area contributed by atoms with Gasteiger partial charge >= 0.3 is 0 Å². The zero-order chi connectivity index (χ0) is 14.1. The maximum Gasteiger partial charge on any atom is 0.0683 e. The zero-order valence-electron chi connectivity index (χ0n) is 12.6. The van der Waals surface area contributed by atoms with Gasteiger partial charge in [0.05, 0.1) is 23.0 Å². The van der Waals surface area contributed by atoms with Crippen molar-refractivity contribution in [3.05, 3.63) is 0 Å². The molecule has 0 rings (SSSR count). The smallest absolute Gasteiger partial charge is 0.0683 e. The van der Waals surface area contributed by atoms with Crippen LogP contribution in [0.2, 0.25) is 0 Å². The standard InChI is InChI=1S/C16H28N2/c1-15(2,13-17)11-9-7-5-6-8-10-12-16(3,4)14-18/h5-12H2,1-4H3. The van der Waals surface area contributed by atoms with E-state index in [1.54, 1.807) is 0 Å². The second-order valence-electron chi connectivity index (χ2n) is 6.61. The third kappa shape index (κ3) is 9.06. The molecule has 0 spiro atoms. The molecule has 0 aliphatic carbocycles. The molecule has 0 aliphatic heterocycles. The summed E-state index contributed by atoms with van der Waals surface area (Å²) in [5.41, 5.74) is -0.312. The fourth-order valence-electron chi connectivity index (χ4n) is 1.95. The van der Waals surface area contributed by atoms with Gasteiger partial charge in [0.2, 0.25) is 0 Å². The van der Waals surface area contributed by atoms with E-state index in [9.17, 15) is 0 Å². The van der Waals surface area contributed by atoms with Crippen LogP contribution < -0.4 is 0 Å². The van der Waals surface area contributed by atoms with Gasteiger partial charge in [0.25, 0.3) is 0 Å². The first kappa shape index (κ1) is 17.0. The van der Waals surface area contributed by atoms with E-state index in [0.717, 1.165) is 25.7 Å². The highest BCUT2D eigenvalue weighted by atomic mass is 14.3. The monoisotopic (exact) mass is 248 g/mol. The molecule has 0 aromatic heterocycles. The van der Waals surface area contributed by atoms with Crippen LogP contribution in [0.4, 0.5) is 0 Å². The van der Waals surface area contributed by atoms with E-state index in [4.69, 9.17) is 10.5 Å². The summed E-state index contributed by atoms with van der Waals surface area (Å²) in [6.07, 6.45) is 9.30. The van der Waals surface area contributed by atoms with Crippen LogP contribution in [0.5, 0.6) is 0 Å². The Morgan fingerprint density at radius 1 is 0.611 bits per heavy atom. The van der Waals surface area contributed by atoms with Gasteiger partial charge < -0.3 is 0 Å². The highest BCUT2D eigenvalue weighted by Gasteiger charge is 2.16. The zero-order valence-corrected chi connectivity index (χ0v) is 12.6. The molecule has 0 radical (unpaired) electrons. The third-order valence-electron chi connectivity index (χ3n) is 3.46. The van der Waals surface area contributed by atoms with Gasteiger partial charge in [-0.1, -0.05) is 38.5 Å². The fraction of sp³-hybridized carbons (Fsp3) is 0.875. The Hall–Kier alpha value is -1.02. The van der Waals surface area contributed by atoms with Crippen LogP contribution in [0.3, 0.4) is 0 Å². The predicted molar refractivity (Wildman–Crippen MR) is 75.7 cm³/mol. The van der Waals surface area contributed by atoms with Crippen LogP contribution in [0, 0.1) is 33.5 Å². The largest absolute Gasteiger partial charge is 0.198 e. The van der Waals surface area contributed by atoms with Crippen molar-refractivity contribution in [2.24, 2.45) is 10.8 Å². The maximum absolute atomic E-state index is 8.89. The van der Waals surface area contributed by atoms with Gasteiger partial charge in [-0.15, -0.1) is 0 Å². The summed E-state index contributed by atoms with van der Waals surface area (Å²) >= 11 is 0. The van der Waals surface area contributed by atoms with Crippen molar-refractivity contribution in [2.45, 2.75) is 79.1 Å². The molecule has 0 aromatic rings. The average Bonchev–Trinajstić information content (AvgIpc) is 2.32. The first-order chi connectivity index (χ1) is 8.33. The van der Waals surface area contributed by atoms with Crippen molar-refractivity contribution in [2.75, 3.05) is 0 Å². The summed E-state index contributed by atoms with van der Waals surface area (Å²) in [5, 5.41) is 17.8. The average molecular weight is 248 g/mol. The molecule has 18 heavy (non-hydrogen) atoms. The van der Waals surface area contributed by atoms with Gasteiger partial charge in [0.15, 0.2) is 0 Å². The van der Waals surface area contributed by atoms with Gasteiger partial charge in [-0.05, 0) is 40.5 Å². The lowest BCUT2D eigenvalue weighted by molar-refractivity contribution is 0.405. The molecule has 0 aliphatic rings. The van der Waals surface area contributed by atoms with Gasteiger partial charge in [-0.2, -0.15) is 10.5 Å². The van der Waals surface area contributed by atoms with Crippen LogP contribution in [-0.4, -0.2) is 0 Å². The number of nitrogens with zero attached hydrogens (tertiary/aromatic N) is 2. The molecule has 0 saturated carbocycles. The molecular weight excluding hydrogens is 220 g/mol. The Labute approximate surface area is 113 Å². The lowest BCUT2D eigenvalue weighted by Crippen LogP contribution is -2.07. The quantitative estimate of drug-likeness (QED) is 0.526. The molecule has 2 nitrogen and oxygen atoms in total. The van der Waals surface area contributed by atoms with E-state index < -0.39 is 0 Å². The van der Waals surface area contributed by atoms with Crippen molar-refractivity contribution in [3.8, 4) is 12.1 Å². The second kappa shape index (κ2) is 8.15. The summed E-state index contributed by atoms with van der Waals surface area (Å²) in [6, 6.07) is 4.69. The molecule has 0 saturated heterocycles. The molecule has 0 amide bonds. The Morgan fingerprint density at radius 2 is 0.889 bits per heavy atom. The summed E-state index contributed by atoms with van der Waals surface area (Å²) in [4.78, 5) is 0. The molecular formula is C16H28N2. The van der Waals surface area contributed by atoms with E-state index in [2.05, 4.69) is 12.1 Å². The van der Waals surface area contributed by atoms with Crippen molar-refractivity contribution >= 4 is 0 Å². The molecule has 0 fully saturated rings. The summed E-state index contributed by atoms with van der Waals surface area (Å²) in [7, 11) is 0. The first-order valence-electron chi connectivity index (χ1n) is 7.15. The first-order valence-corrected chi connectivity index (χ1v) is 7.15. The van der Waals surface area contributed by atoms with Crippen molar-refractivity contribution in [1.82, 2.24) is 0 Å². The Bertz CT molecular complexity index is 270. The Morgan fingerprint density at radius 3 is 1.17 bits per heavy atom. The van der Waals surface area contributed by atoms with E-state index in [1.807, 2.05) is 27.7 Å². The number of rotatable bonds is 9. The van der Waals surface area contributed by atoms with Gasteiger partial charge in [-0.25, -0.2) is 0 Å². The normalized spacial score (nSPS) is 11.9. The van der Waals surface area contributed by atoms with Crippen LogP contribution in [0.15, 0.2) is 0 Å². The molecule has 0 heterocycles. The minimum atomic E-state index is -0.156. The number of hydrogen-bond donors (Lipinski definition) is 0. The molecule has 2 heteroatoms. The summed E-state index contributed by atoms with van der Waals surface area (Å²) in [6.45, 7) is 8.04. The number of unbranched alkanes of at least 4 members (excludes halogenated alkanes) is 5. The molecule has 102 valence electrons. The molecule has 0 atom stereocenters. The van der Waals surface area contributed by atoms with E-state index in [-0.39, 0.29) is 10.8 Å². The van der Waals surface area contributed by atoms with Gasteiger partial charge in [-0.3, -0.25) is 0 Å². The number of hydrogen-bond acceptors (Lipinski definition) is 2. The molecule has 0 bridgehead atoms. The molecule has 0 aromatic carbocycles. The highest BCUT2D eigenvalue weighted by molar-refractivity contribution is 4.91. The summed E-state index contributed by atoms with van der Waals surface area (Å²) < 4.78 is 0. The maximum atomic E-state index is 8.89. The van der Waals surface area contributed by atoms with Crippen LogP contribution in [0.1, 0.15) is 79.1 Å². The van der Waals surface area contributed by atoms with E-state index in [0.29, 0.717) is 0 Å². The minimum Gasteiger partial charge on any atom is -0.198 e. The van der Waals surface area contributed by atoms with E-state index >= 15 is 0 Å². The van der Waals surface area contributed by atoms with Crippen LogP contribution in [-0.2, 0) is 0 Å². The Kier molecular flexibility index (Phi) is 7.69. The van der Waals surface area contributed by atoms with Crippen molar-refractivity contribution < 1.29 is 0 Å². The number of nitriles is 2. The third-order valence-corrected chi connectivity index (χ3v) is 3.46. The minimum absolute atomic E-state index is 0.156. The lowest BCUT2D eigenvalue weighted by Gasteiger charge is -2.15. The SMILES string of the molecule is CC(C)(C#N)CCCCCCCCC(C)(C)C#N. The topological polar surface area (TPSA) is 47.6 Å². The molecule has 0 N–H and O–H groups in total. The van der Waals surface area contributed by atoms with Crippen molar-refractivity contribution in [3.63, 3.8) is 0 Å². The second-order valence-corrected chi connectivity index (χ2v) is 6.61. The highest BCUT2D eigenvalue weighted by Crippen LogP contribution is 2.24. The van der Waals surface area contributed by atoms with Gasteiger partial charge in [0.1, 0.15) is 0 Å². The predicted octanol–water partition coefficient (Wildman–Crippen LogP) is 5.21. The van der Waals surface area contributed by atoms with Gasteiger partial charge in [0, 0.05) is 0 Å². The molecule has 0 unspecified atom stereocenters. The Balaban J connectivity index is 3.39. The summed E-state index contributed by atoms with van der Waals surface area (Å²) in [5.74, 6) is 0. The van der Waals surface area contributed by atoms with Crippen LogP contribution >= 0.6 is 0 Å². The van der Waals surface area contributed by atoms with Crippen LogP contribution in [0.25, 0.3) is 0 Å². The fourth-order valence-corrected chi connectivity index (χ4v) is 1.95. The van der Waals surface area contributed by atoms with Crippen molar-refractivity contribution in [1.29, 1.82) is 10.5 Å². The lowest BCUT2D eigenvalue weighted by atomic mass is 9.87. The van der Waals surface area contributed by atoms with E-state index in [1.165, 1.54) is 25.7 Å².